The monoisotopic (exact) mass is 257 g/mol. The highest BCUT2D eigenvalue weighted by molar-refractivity contribution is 5.81. The van der Waals surface area contributed by atoms with Gasteiger partial charge in [0.25, 0.3) is 0 Å². The summed E-state index contributed by atoms with van der Waals surface area (Å²) in [6, 6.07) is 7.38. The molecule has 0 spiro atoms. The lowest BCUT2D eigenvalue weighted by Crippen LogP contribution is -2.43. The van der Waals surface area contributed by atoms with Crippen molar-refractivity contribution < 1.29 is 13.2 Å². The number of anilines is 1. The molecule has 0 saturated heterocycles. The summed E-state index contributed by atoms with van der Waals surface area (Å²) in [5, 5.41) is 7.09. The Morgan fingerprint density at radius 1 is 1.39 bits per heavy atom. The van der Waals surface area contributed by atoms with E-state index in [2.05, 4.69) is 0 Å². The van der Waals surface area contributed by atoms with Crippen LogP contribution in [0, 0.1) is 11.3 Å². The molecule has 0 amide bonds. The Bertz CT molecular complexity index is 456. The number of nitrogens with one attached hydrogen (secondary N) is 1. The zero-order valence-corrected chi connectivity index (χ0v) is 9.67. The third-order valence-corrected chi connectivity index (χ3v) is 3.16. The highest BCUT2D eigenvalue weighted by atomic mass is 19.4. The molecule has 6 heteroatoms. The predicted octanol–water partition coefficient (Wildman–Crippen LogP) is 2.16. The molecule has 3 nitrogen and oxygen atoms in total. The quantitative estimate of drug-likeness (QED) is 0.644. The van der Waals surface area contributed by atoms with E-state index in [-0.39, 0.29) is 6.54 Å². The molecule has 0 saturated carbocycles. The summed E-state index contributed by atoms with van der Waals surface area (Å²) in [4.78, 5) is 1.65. The molecule has 18 heavy (non-hydrogen) atoms. The molecule has 0 fully saturated rings. The average molecular weight is 257 g/mol. The van der Waals surface area contributed by atoms with E-state index in [1.54, 1.807) is 17.0 Å². The van der Waals surface area contributed by atoms with Crippen molar-refractivity contribution in [3.63, 3.8) is 0 Å². The van der Waals surface area contributed by atoms with Crippen molar-refractivity contribution in [2.45, 2.75) is 12.6 Å². The Kier molecular flexibility index (Phi) is 3.19. The summed E-state index contributed by atoms with van der Waals surface area (Å²) in [6.45, 7) is 0.259. The van der Waals surface area contributed by atoms with Gasteiger partial charge in [-0.05, 0) is 18.1 Å². The summed E-state index contributed by atoms with van der Waals surface area (Å²) < 4.78 is 38.3. The summed E-state index contributed by atoms with van der Waals surface area (Å²) in [7, 11) is 0. The van der Waals surface area contributed by atoms with Crippen molar-refractivity contribution in [1.29, 1.82) is 5.41 Å². The first-order valence-corrected chi connectivity index (χ1v) is 5.63. The first-order valence-electron chi connectivity index (χ1n) is 5.63. The molecule has 1 unspecified atom stereocenters. The van der Waals surface area contributed by atoms with Crippen LogP contribution in [0.15, 0.2) is 24.3 Å². The van der Waals surface area contributed by atoms with Crippen molar-refractivity contribution in [3.8, 4) is 0 Å². The third kappa shape index (κ3) is 2.42. The first-order chi connectivity index (χ1) is 8.39. The highest BCUT2D eigenvalue weighted by Gasteiger charge is 2.43. The smallest absolute Gasteiger partial charge is 0.387 e. The van der Waals surface area contributed by atoms with Gasteiger partial charge in [-0.3, -0.25) is 5.41 Å². The third-order valence-electron chi connectivity index (χ3n) is 3.16. The summed E-state index contributed by atoms with van der Waals surface area (Å²) >= 11 is 0. The zero-order valence-electron chi connectivity index (χ0n) is 9.67. The lowest BCUT2D eigenvalue weighted by molar-refractivity contribution is -0.153. The number of hydrogen-bond acceptors (Lipinski definition) is 2. The van der Waals surface area contributed by atoms with Gasteiger partial charge in [-0.1, -0.05) is 18.2 Å². The topological polar surface area (TPSA) is 53.1 Å². The minimum atomic E-state index is -4.47. The number of hydrogen-bond donors (Lipinski definition) is 2. The van der Waals surface area contributed by atoms with Gasteiger partial charge in [0.2, 0.25) is 0 Å². The second-order valence-electron chi connectivity index (χ2n) is 4.37. The Hall–Kier alpha value is -1.72. The lowest BCUT2D eigenvalue weighted by atomic mass is 10.1. The van der Waals surface area contributed by atoms with Crippen LogP contribution in [-0.2, 0) is 6.42 Å². The van der Waals surface area contributed by atoms with Crippen molar-refractivity contribution in [3.05, 3.63) is 29.8 Å². The number of rotatable bonds is 3. The van der Waals surface area contributed by atoms with Crippen LogP contribution in [0.4, 0.5) is 18.9 Å². The van der Waals surface area contributed by atoms with Gasteiger partial charge in [0, 0.05) is 18.8 Å². The van der Waals surface area contributed by atoms with E-state index < -0.39 is 17.9 Å². The van der Waals surface area contributed by atoms with Crippen molar-refractivity contribution in [1.82, 2.24) is 0 Å². The fourth-order valence-corrected chi connectivity index (χ4v) is 2.19. The number of amidine groups is 1. The van der Waals surface area contributed by atoms with E-state index in [0.29, 0.717) is 6.54 Å². The molecule has 2 rings (SSSR count). The minimum absolute atomic E-state index is 0.282. The van der Waals surface area contributed by atoms with Crippen LogP contribution < -0.4 is 10.6 Å². The Morgan fingerprint density at radius 3 is 2.67 bits per heavy atom. The Labute approximate surface area is 103 Å². The van der Waals surface area contributed by atoms with Crippen molar-refractivity contribution >= 4 is 11.5 Å². The average Bonchev–Trinajstić information content (AvgIpc) is 2.67. The van der Waals surface area contributed by atoms with Crippen molar-refractivity contribution in [2.24, 2.45) is 11.7 Å². The normalized spacial score (nSPS) is 16.5. The molecular formula is C12H14F3N3. The fraction of sp³-hybridized carbons (Fsp3) is 0.417. The van der Waals surface area contributed by atoms with E-state index in [4.69, 9.17) is 11.1 Å². The molecule has 1 aliphatic rings. The molecule has 0 aliphatic carbocycles. The fourth-order valence-electron chi connectivity index (χ4n) is 2.19. The summed E-state index contributed by atoms with van der Waals surface area (Å²) in [5.74, 6) is -2.73. The molecule has 3 N–H and O–H groups in total. The second kappa shape index (κ2) is 4.51. The minimum Gasteiger partial charge on any atom is -0.387 e. The van der Waals surface area contributed by atoms with Gasteiger partial charge in [-0.2, -0.15) is 13.2 Å². The van der Waals surface area contributed by atoms with E-state index in [0.717, 1.165) is 17.7 Å². The SMILES string of the molecule is N=C(N)C(CN1CCc2ccccc21)C(F)(F)F. The molecule has 0 bridgehead atoms. The molecule has 1 aliphatic heterocycles. The lowest BCUT2D eigenvalue weighted by Gasteiger charge is -2.26. The zero-order chi connectivity index (χ0) is 13.3. The standard InChI is InChI=1S/C12H14F3N3/c13-12(14,15)9(11(16)17)7-18-6-5-8-3-1-2-4-10(8)18/h1-4,9H,5-7H2,(H3,16,17). The van der Waals surface area contributed by atoms with E-state index >= 15 is 0 Å². The number of nitrogens with zero attached hydrogens (tertiary/aromatic N) is 1. The number of halogens is 3. The number of fused-ring (bicyclic) bond motifs is 1. The number of alkyl halides is 3. The van der Waals surface area contributed by atoms with Crippen LogP contribution in [0.5, 0.6) is 0 Å². The number of nitrogens with two attached hydrogens (primary N) is 1. The van der Waals surface area contributed by atoms with Crippen LogP contribution in [0.2, 0.25) is 0 Å². The maximum atomic E-state index is 12.8. The van der Waals surface area contributed by atoms with Gasteiger partial charge in [-0.15, -0.1) is 0 Å². The Morgan fingerprint density at radius 2 is 2.06 bits per heavy atom. The molecular weight excluding hydrogens is 243 g/mol. The van der Waals surface area contributed by atoms with Crippen LogP contribution >= 0.6 is 0 Å². The van der Waals surface area contributed by atoms with Crippen LogP contribution in [0.25, 0.3) is 0 Å². The van der Waals surface area contributed by atoms with Crippen LogP contribution in [0.1, 0.15) is 5.56 Å². The van der Waals surface area contributed by atoms with Crippen LogP contribution in [-0.4, -0.2) is 25.1 Å². The summed E-state index contributed by atoms with van der Waals surface area (Å²) in [6.07, 6.45) is -3.73. The van der Waals surface area contributed by atoms with Crippen LogP contribution in [0.3, 0.4) is 0 Å². The van der Waals surface area contributed by atoms with Gasteiger partial charge in [0.05, 0.1) is 0 Å². The predicted molar refractivity (Wildman–Crippen MR) is 63.8 cm³/mol. The van der Waals surface area contributed by atoms with Gasteiger partial charge in [0.15, 0.2) is 0 Å². The maximum Gasteiger partial charge on any atom is 0.400 e. The van der Waals surface area contributed by atoms with Crippen molar-refractivity contribution in [2.75, 3.05) is 18.0 Å². The molecule has 1 aromatic carbocycles. The van der Waals surface area contributed by atoms with Gasteiger partial charge in [0.1, 0.15) is 11.8 Å². The highest BCUT2D eigenvalue weighted by Crippen LogP contribution is 2.32. The maximum absolute atomic E-state index is 12.8. The molecule has 0 aromatic heterocycles. The number of benzene rings is 1. The largest absolute Gasteiger partial charge is 0.400 e. The number of para-hydroxylation sites is 1. The first kappa shape index (κ1) is 12.7. The Balaban J connectivity index is 2.18. The molecule has 1 aromatic rings. The van der Waals surface area contributed by atoms with Gasteiger partial charge in [-0.25, -0.2) is 0 Å². The van der Waals surface area contributed by atoms with E-state index in [1.807, 2.05) is 12.1 Å². The molecule has 1 atom stereocenters. The van der Waals surface area contributed by atoms with E-state index in [1.165, 1.54) is 0 Å². The molecule has 98 valence electrons. The molecule has 1 heterocycles. The van der Waals surface area contributed by atoms with E-state index in [9.17, 15) is 13.2 Å². The second-order valence-corrected chi connectivity index (χ2v) is 4.37. The van der Waals surface area contributed by atoms with Gasteiger partial charge >= 0.3 is 6.18 Å². The van der Waals surface area contributed by atoms with Gasteiger partial charge < -0.3 is 10.6 Å². The molecule has 0 radical (unpaired) electrons. The summed E-state index contributed by atoms with van der Waals surface area (Å²) in [5.41, 5.74) is 6.91.